The van der Waals surface area contributed by atoms with Crippen LogP contribution in [0.1, 0.15) is 26.7 Å². The van der Waals surface area contributed by atoms with E-state index in [1.54, 1.807) is 0 Å². The largest absolute Gasteiger partial charge is 0.330 e. The molecule has 2 unspecified atom stereocenters. The maximum absolute atomic E-state index is 2.70. The summed E-state index contributed by atoms with van der Waals surface area (Å²) >= 11 is 0. The van der Waals surface area contributed by atoms with Gasteiger partial charge in [0, 0.05) is 45.3 Å². The van der Waals surface area contributed by atoms with Gasteiger partial charge in [-0.1, -0.05) is 9.39 Å². The van der Waals surface area contributed by atoms with Crippen LogP contribution < -0.4 is 0 Å². The van der Waals surface area contributed by atoms with Gasteiger partial charge in [-0.3, -0.25) is 4.67 Å². The van der Waals surface area contributed by atoms with Crippen molar-refractivity contribution in [3.63, 3.8) is 0 Å². The molecule has 0 aliphatic rings. The molecule has 0 saturated carbocycles. The Kier molecular flexibility index (Phi) is 14.0. The summed E-state index contributed by atoms with van der Waals surface area (Å²) in [4.78, 5) is 2.42. The molecular weight excluding hydrogens is 268 g/mol. The molecule has 0 aromatic heterocycles. The molecule has 1 radical (unpaired) electrons. The zero-order valence-electron chi connectivity index (χ0n) is 10.0. The Bertz CT molecular complexity index is 123. The minimum absolute atomic E-state index is 0. The summed E-state index contributed by atoms with van der Waals surface area (Å²) in [6.07, 6.45) is 4.66. The Hall–Kier alpha value is 1.45. The first-order chi connectivity index (χ1) is 6.07. The van der Waals surface area contributed by atoms with Gasteiger partial charge in [0.1, 0.15) is 0 Å². The van der Waals surface area contributed by atoms with Gasteiger partial charge in [-0.15, -0.1) is 0 Å². The van der Waals surface area contributed by atoms with Crippen molar-refractivity contribution in [1.29, 1.82) is 0 Å². The maximum atomic E-state index is 2.70. The van der Waals surface area contributed by atoms with Crippen molar-refractivity contribution in [3.05, 3.63) is 6.42 Å². The van der Waals surface area contributed by atoms with E-state index >= 15 is 0 Å². The van der Waals surface area contributed by atoms with Crippen molar-refractivity contribution in [2.24, 2.45) is 0 Å². The van der Waals surface area contributed by atoms with Crippen LogP contribution in [-0.4, -0.2) is 42.8 Å². The number of hydrogen-bond donors (Lipinski definition) is 0. The first-order valence-corrected chi connectivity index (χ1v) is 5.53. The Balaban J connectivity index is 0. The monoisotopic (exact) mass is 292 g/mol. The fraction of sp³-hybridized carbons (Fsp3) is 0.900. The molecule has 0 fully saturated rings. The van der Waals surface area contributed by atoms with E-state index in [-0.39, 0.29) is 32.7 Å². The molecule has 2 atom stereocenters. The molecule has 0 saturated heterocycles. The Morgan fingerprint density at radius 3 is 2.29 bits per heavy atom. The minimum atomic E-state index is 0. The van der Waals surface area contributed by atoms with Crippen LogP contribution in [0.15, 0.2) is 0 Å². The summed E-state index contributed by atoms with van der Waals surface area (Å²) in [7, 11) is 7.00. The van der Waals surface area contributed by atoms with E-state index in [9.17, 15) is 0 Å². The topological polar surface area (TPSA) is 6.48 Å². The van der Waals surface area contributed by atoms with Gasteiger partial charge in [-0.25, -0.2) is 0 Å². The average Bonchev–Trinajstić information content (AvgIpc) is 2.10. The van der Waals surface area contributed by atoms with Gasteiger partial charge in [-0.05, 0) is 34.0 Å². The summed E-state index contributed by atoms with van der Waals surface area (Å²) < 4.78 is 2.16. The molecule has 14 heavy (non-hydrogen) atoms. The number of hydrogen-bond acceptors (Lipinski definition) is 2. The third-order valence-corrected chi connectivity index (χ3v) is 2.68. The molecule has 0 rings (SSSR count). The number of unbranched alkanes of at least 4 members (excludes halogenated alkanes) is 1. The van der Waals surface area contributed by atoms with Gasteiger partial charge in [0.15, 0.2) is 0 Å². The van der Waals surface area contributed by atoms with Crippen LogP contribution in [0.2, 0.25) is 0 Å². The fourth-order valence-electron chi connectivity index (χ4n) is 1.16. The van der Waals surface area contributed by atoms with Crippen LogP contribution in [0.4, 0.5) is 0 Å². The van der Waals surface area contributed by atoms with Crippen LogP contribution >= 0.6 is 9.39 Å². The van der Waals surface area contributed by atoms with E-state index in [0.29, 0.717) is 6.04 Å². The van der Waals surface area contributed by atoms with Gasteiger partial charge in [-0.2, -0.15) is 13.3 Å². The Morgan fingerprint density at radius 1 is 1.29 bits per heavy atom. The van der Waals surface area contributed by atoms with E-state index in [1.807, 2.05) is 0 Å². The van der Waals surface area contributed by atoms with E-state index in [2.05, 4.69) is 53.3 Å². The summed E-state index contributed by atoms with van der Waals surface area (Å²) in [5.74, 6) is 0. The van der Waals surface area contributed by atoms with Crippen molar-refractivity contribution in [2.45, 2.75) is 32.7 Å². The molecule has 0 aliphatic carbocycles. The predicted octanol–water partition coefficient (Wildman–Crippen LogP) is 2.03. The molecule has 4 heteroatoms. The molecule has 83 valence electrons. The van der Waals surface area contributed by atoms with Gasteiger partial charge in [0.2, 0.25) is 0 Å². The molecule has 0 spiro atoms. The first kappa shape index (κ1) is 17.8. The SMILES string of the molecule is C[CH-]CCN(C)C(C)CCN(C)P.[Y]. The molecule has 0 bridgehead atoms. The third-order valence-electron chi connectivity index (χ3n) is 2.42. The molecule has 0 amide bonds. The second-order valence-corrected chi connectivity index (χ2v) is 4.68. The normalized spacial score (nSPS) is 13.1. The van der Waals surface area contributed by atoms with E-state index in [0.717, 1.165) is 6.54 Å². The van der Waals surface area contributed by atoms with Crippen molar-refractivity contribution >= 4 is 9.39 Å². The van der Waals surface area contributed by atoms with Crippen LogP contribution in [0.3, 0.4) is 0 Å². The molecule has 2 nitrogen and oxygen atoms in total. The van der Waals surface area contributed by atoms with Crippen LogP contribution in [0, 0.1) is 6.42 Å². The zero-order chi connectivity index (χ0) is 10.3. The molecule has 0 aromatic rings. The number of nitrogens with zero attached hydrogens (tertiary/aromatic N) is 2. The minimum Gasteiger partial charge on any atom is -0.330 e. The van der Waals surface area contributed by atoms with Crippen molar-refractivity contribution in [3.8, 4) is 0 Å². The van der Waals surface area contributed by atoms with Crippen molar-refractivity contribution < 1.29 is 32.7 Å². The van der Waals surface area contributed by atoms with Gasteiger partial charge in [0.25, 0.3) is 0 Å². The van der Waals surface area contributed by atoms with Crippen LogP contribution in [-0.2, 0) is 32.7 Å². The van der Waals surface area contributed by atoms with Crippen LogP contribution in [0.5, 0.6) is 0 Å². The maximum Gasteiger partial charge on any atom is 0.00751 e. The van der Waals surface area contributed by atoms with Gasteiger partial charge >= 0.3 is 0 Å². The Morgan fingerprint density at radius 2 is 1.86 bits per heavy atom. The van der Waals surface area contributed by atoms with Gasteiger partial charge in [0.05, 0.1) is 0 Å². The zero-order valence-corrected chi connectivity index (χ0v) is 14.0. The van der Waals surface area contributed by atoms with Crippen molar-refractivity contribution in [1.82, 2.24) is 9.57 Å². The predicted molar refractivity (Wildman–Crippen MR) is 63.6 cm³/mol. The van der Waals surface area contributed by atoms with Crippen molar-refractivity contribution in [2.75, 3.05) is 27.2 Å². The summed E-state index contributed by atoms with van der Waals surface area (Å²) in [5, 5.41) is 0. The second-order valence-electron chi connectivity index (χ2n) is 3.80. The smallest absolute Gasteiger partial charge is 0.00751 e. The molecule has 0 aliphatic heterocycles. The molecule has 0 N–H and O–H groups in total. The summed E-state index contributed by atoms with van der Waals surface area (Å²) in [6.45, 7) is 6.74. The van der Waals surface area contributed by atoms with Crippen LogP contribution in [0.25, 0.3) is 0 Å². The Labute approximate surface area is 117 Å². The standard InChI is InChI=1S/C10H24N2P.Y/c1-5-6-8-11(3)10(2)7-9-12(4)13;/h5,10H,6-9,13H2,1-4H3;/q-1;. The summed E-state index contributed by atoms with van der Waals surface area (Å²) in [6, 6.07) is 0.683. The average molecular weight is 292 g/mol. The van der Waals surface area contributed by atoms with Gasteiger partial charge < -0.3 is 11.3 Å². The molecule has 0 aromatic carbocycles. The van der Waals surface area contributed by atoms with E-state index < -0.39 is 0 Å². The fourth-order valence-corrected chi connectivity index (χ4v) is 1.31. The number of rotatable bonds is 7. The first-order valence-electron chi connectivity index (χ1n) is 5.01. The molecular formula is C10H24N2PY-. The summed E-state index contributed by atoms with van der Waals surface area (Å²) in [5.41, 5.74) is 0. The quantitative estimate of drug-likeness (QED) is 0.523. The van der Waals surface area contributed by atoms with E-state index in [1.165, 1.54) is 19.4 Å². The van der Waals surface area contributed by atoms with E-state index in [4.69, 9.17) is 0 Å². The second kappa shape index (κ2) is 11.0. The third kappa shape index (κ3) is 9.99. The molecule has 0 heterocycles.